The SMILES string of the molecule is CCCCCN(N=O)[C@@H]1C(=O)N2[C@@H]1SC(C)(C)[C@@H]2C(=O)O. The van der Waals surface area contributed by atoms with Gasteiger partial charge in [-0.3, -0.25) is 4.79 Å². The highest BCUT2D eigenvalue weighted by atomic mass is 32.2. The first-order chi connectivity index (χ1) is 9.85. The largest absolute Gasteiger partial charge is 0.480 e. The molecule has 7 nitrogen and oxygen atoms in total. The predicted molar refractivity (Wildman–Crippen MR) is 79.5 cm³/mol. The van der Waals surface area contributed by atoms with Gasteiger partial charge in [0.05, 0.1) is 5.29 Å². The topological polar surface area (TPSA) is 90.3 Å². The van der Waals surface area contributed by atoms with Crippen LogP contribution in [0.4, 0.5) is 0 Å². The van der Waals surface area contributed by atoms with Gasteiger partial charge in [0, 0.05) is 11.3 Å². The van der Waals surface area contributed by atoms with Crippen molar-refractivity contribution in [3.8, 4) is 0 Å². The molecule has 0 unspecified atom stereocenters. The smallest absolute Gasteiger partial charge is 0.327 e. The Morgan fingerprint density at radius 1 is 1.48 bits per heavy atom. The number of thioether (sulfide) groups is 1. The quantitative estimate of drug-likeness (QED) is 0.333. The minimum atomic E-state index is -1.00. The van der Waals surface area contributed by atoms with Crippen molar-refractivity contribution in [2.45, 2.75) is 62.2 Å². The summed E-state index contributed by atoms with van der Waals surface area (Å²) in [5.41, 5.74) is 0. The molecule has 0 bridgehead atoms. The van der Waals surface area contributed by atoms with Crippen LogP contribution in [0.3, 0.4) is 0 Å². The van der Waals surface area contributed by atoms with Crippen LogP contribution in [-0.4, -0.2) is 55.6 Å². The maximum atomic E-state index is 12.3. The standard InChI is InChI=1S/C13H21N3O4S/c1-4-5-6-7-15(14-20)8-10(17)16-9(12(18)19)13(2,3)21-11(8)16/h8-9,11H,4-7H2,1-3H3,(H,18,19)/t8-,9+,11-/m1/s1. The Labute approximate surface area is 128 Å². The average Bonchev–Trinajstić information content (AvgIpc) is 2.66. The minimum Gasteiger partial charge on any atom is -0.480 e. The van der Waals surface area contributed by atoms with Crippen LogP contribution in [0.2, 0.25) is 0 Å². The van der Waals surface area contributed by atoms with E-state index in [4.69, 9.17) is 0 Å². The number of amides is 1. The summed E-state index contributed by atoms with van der Waals surface area (Å²) in [5, 5.41) is 13.3. The van der Waals surface area contributed by atoms with Crippen LogP contribution in [0.15, 0.2) is 5.29 Å². The fraction of sp³-hybridized carbons (Fsp3) is 0.846. The number of carbonyl (C=O) groups excluding carboxylic acids is 1. The molecule has 0 aromatic heterocycles. The lowest BCUT2D eigenvalue weighted by Crippen LogP contribution is -2.69. The molecule has 0 saturated carbocycles. The van der Waals surface area contributed by atoms with Crippen LogP contribution in [-0.2, 0) is 9.59 Å². The maximum absolute atomic E-state index is 12.3. The molecule has 8 heteroatoms. The lowest BCUT2D eigenvalue weighted by Gasteiger charge is -2.46. The Morgan fingerprint density at radius 2 is 2.14 bits per heavy atom. The van der Waals surface area contributed by atoms with Gasteiger partial charge < -0.3 is 10.0 Å². The van der Waals surface area contributed by atoms with Gasteiger partial charge in [0.25, 0.3) is 5.91 Å². The van der Waals surface area contributed by atoms with Gasteiger partial charge in [0.15, 0.2) is 6.04 Å². The van der Waals surface area contributed by atoms with E-state index in [-0.39, 0.29) is 11.3 Å². The molecule has 2 aliphatic heterocycles. The summed E-state index contributed by atoms with van der Waals surface area (Å²) < 4.78 is -0.571. The molecule has 2 heterocycles. The number of carboxylic acids is 1. The number of hydrogen-bond acceptors (Lipinski definition) is 5. The molecule has 0 spiro atoms. The van der Waals surface area contributed by atoms with Crippen LogP contribution in [0.25, 0.3) is 0 Å². The zero-order chi connectivity index (χ0) is 15.8. The summed E-state index contributed by atoms with van der Waals surface area (Å²) in [4.78, 5) is 36.1. The summed E-state index contributed by atoms with van der Waals surface area (Å²) in [6, 6.07) is -1.46. The molecule has 1 amide bonds. The summed E-state index contributed by atoms with van der Waals surface area (Å²) >= 11 is 1.43. The molecule has 21 heavy (non-hydrogen) atoms. The van der Waals surface area contributed by atoms with E-state index in [9.17, 15) is 19.6 Å². The lowest BCUT2D eigenvalue weighted by atomic mass is 9.95. The Hall–Kier alpha value is -1.31. The Balaban J connectivity index is 2.11. The van der Waals surface area contributed by atoms with Crippen molar-refractivity contribution in [1.82, 2.24) is 9.91 Å². The van der Waals surface area contributed by atoms with Crippen molar-refractivity contribution in [2.24, 2.45) is 5.29 Å². The van der Waals surface area contributed by atoms with Crippen LogP contribution < -0.4 is 0 Å². The number of β-lactam (4-membered cyclic amide) rings is 1. The number of rotatable bonds is 7. The zero-order valence-corrected chi connectivity index (χ0v) is 13.3. The highest BCUT2D eigenvalue weighted by molar-refractivity contribution is 8.01. The highest BCUT2D eigenvalue weighted by Crippen LogP contribution is 2.52. The van der Waals surface area contributed by atoms with Crippen molar-refractivity contribution in [1.29, 1.82) is 0 Å². The van der Waals surface area contributed by atoms with E-state index >= 15 is 0 Å². The minimum absolute atomic E-state index is 0.298. The third-order valence-electron chi connectivity index (χ3n) is 4.06. The van der Waals surface area contributed by atoms with Gasteiger partial charge in [0.2, 0.25) is 0 Å². The van der Waals surface area contributed by atoms with E-state index in [1.54, 1.807) is 0 Å². The number of carbonyl (C=O) groups is 2. The van der Waals surface area contributed by atoms with E-state index in [2.05, 4.69) is 12.2 Å². The van der Waals surface area contributed by atoms with E-state index in [0.717, 1.165) is 19.3 Å². The van der Waals surface area contributed by atoms with Crippen LogP contribution in [0.1, 0.15) is 40.0 Å². The first-order valence-corrected chi connectivity index (χ1v) is 8.05. The van der Waals surface area contributed by atoms with Crippen molar-refractivity contribution in [3.05, 3.63) is 4.91 Å². The van der Waals surface area contributed by atoms with Gasteiger partial charge in [-0.1, -0.05) is 19.8 Å². The van der Waals surface area contributed by atoms with E-state index in [1.165, 1.54) is 21.7 Å². The highest BCUT2D eigenvalue weighted by Gasteiger charge is 2.65. The number of fused-ring (bicyclic) bond motifs is 1. The molecule has 0 aromatic carbocycles. The third-order valence-corrected chi connectivity index (χ3v) is 5.62. The molecule has 0 radical (unpaired) electrons. The molecule has 0 aromatic rings. The van der Waals surface area contributed by atoms with Gasteiger partial charge in [-0.2, -0.15) is 0 Å². The number of nitrogens with zero attached hydrogens (tertiary/aromatic N) is 3. The molecule has 0 aliphatic carbocycles. The van der Waals surface area contributed by atoms with Crippen molar-refractivity contribution >= 4 is 23.6 Å². The summed E-state index contributed by atoms with van der Waals surface area (Å²) in [6.45, 7) is 6.13. The number of aliphatic carboxylic acids is 1. The summed E-state index contributed by atoms with van der Waals surface area (Å²) in [7, 11) is 0. The molecule has 118 valence electrons. The fourth-order valence-corrected chi connectivity index (χ4v) is 4.71. The Kier molecular flexibility index (Phi) is 4.46. The molecule has 2 aliphatic rings. The lowest BCUT2D eigenvalue weighted by molar-refractivity contribution is -0.165. The van der Waals surface area contributed by atoms with Crippen molar-refractivity contribution in [2.75, 3.05) is 6.54 Å². The second kappa shape index (κ2) is 5.82. The molecule has 2 fully saturated rings. The van der Waals surface area contributed by atoms with E-state index in [0.29, 0.717) is 6.54 Å². The van der Waals surface area contributed by atoms with Crippen LogP contribution in [0, 0.1) is 4.91 Å². The monoisotopic (exact) mass is 315 g/mol. The van der Waals surface area contributed by atoms with E-state index in [1.807, 2.05) is 13.8 Å². The molecule has 2 saturated heterocycles. The molecule has 2 rings (SSSR count). The van der Waals surface area contributed by atoms with Gasteiger partial charge in [-0.15, -0.1) is 16.7 Å². The number of unbranched alkanes of at least 4 members (excludes halogenated alkanes) is 2. The van der Waals surface area contributed by atoms with E-state index < -0.39 is 22.8 Å². The number of carboxylic acid groups (broad SMARTS) is 1. The normalized spacial score (nSPS) is 29.8. The van der Waals surface area contributed by atoms with Crippen LogP contribution >= 0.6 is 11.8 Å². The predicted octanol–water partition coefficient (Wildman–Crippen LogP) is 1.68. The molecular weight excluding hydrogens is 294 g/mol. The molecule has 3 atom stereocenters. The summed E-state index contributed by atoms with van der Waals surface area (Å²) in [5.74, 6) is -1.31. The fourth-order valence-electron chi connectivity index (χ4n) is 3.02. The van der Waals surface area contributed by atoms with Crippen LogP contribution in [0.5, 0.6) is 0 Å². The van der Waals surface area contributed by atoms with Gasteiger partial charge in [0.1, 0.15) is 11.4 Å². The van der Waals surface area contributed by atoms with Gasteiger partial charge in [-0.05, 0) is 20.3 Å². The third kappa shape index (κ3) is 2.61. The Bertz CT molecular complexity index is 457. The first-order valence-electron chi connectivity index (χ1n) is 7.18. The van der Waals surface area contributed by atoms with Crippen molar-refractivity contribution in [3.63, 3.8) is 0 Å². The molecular formula is C13H21N3O4S. The Morgan fingerprint density at radius 3 is 2.67 bits per heavy atom. The molecule has 1 N–H and O–H groups in total. The van der Waals surface area contributed by atoms with Gasteiger partial charge >= 0.3 is 5.97 Å². The summed E-state index contributed by atoms with van der Waals surface area (Å²) in [6.07, 6.45) is 2.79. The zero-order valence-electron chi connectivity index (χ0n) is 12.5. The van der Waals surface area contributed by atoms with Gasteiger partial charge in [-0.25, -0.2) is 9.80 Å². The second-order valence-corrected chi connectivity index (χ2v) is 7.77. The number of hydrogen-bond donors (Lipinski definition) is 1. The maximum Gasteiger partial charge on any atom is 0.327 e. The second-order valence-electron chi connectivity index (χ2n) is 5.99. The number of nitroso groups, excluding NO2 is 1. The average molecular weight is 315 g/mol. The van der Waals surface area contributed by atoms with Crippen molar-refractivity contribution < 1.29 is 14.7 Å². The first kappa shape index (κ1) is 16.1.